The molecule has 1 N–H and O–H groups in total. The van der Waals surface area contributed by atoms with Gasteiger partial charge < -0.3 is 9.84 Å². The molecule has 0 rings (SSSR count). The van der Waals surface area contributed by atoms with Crippen LogP contribution in [0.2, 0.25) is 0 Å². The molecule has 0 aliphatic rings. The van der Waals surface area contributed by atoms with Gasteiger partial charge in [-0.15, -0.1) is 11.8 Å². The van der Waals surface area contributed by atoms with E-state index in [1.807, 2.05) is 0 Å². The van der Waals surface area contributed by atoms with Crippen molar-refractivity contribution in [1.29, 1.82) is 0 Å². The van der Waals surface area contributed by atoms with Crippen LogP contribution in [-0.2, 0) is 9.53 Å². The minimum absolute atomic E-state index is 0.196. The van der Waals surface area contributed by atoms with Crippen molar-refractivity contribution in [2.75, 3.05) is 24.7 Å². The molecule has 0 saturated heterocycles. The molecule has 0 heterocycles. The first kappa shape index (κ1) is 19.0. The Morgan fingerprint density at radius 3 is 2.40 bits per heavy atom. The van der Waals surface area contributed by atoms with Crippen molar-refractivity contribution in [3.63, 3.8) is 0 Å². The normalized spacial score (nSPS) is 12.1. The summed E-state index contributed by atoms with van der Waals surface area (Å²) in [5.41, 5.74) is 0. The van der Waals surface area contributed by atoms with Crippen LogP contribution in [0.15, 0.2) is 36.5 Å². The first-order valence-corrected chi connectivity index (χ1v) is 8.25. The highest BCUT2D eigenvalue weighted by atomic mass is 32.2. The van der Waals surface area contributed by atoms with Crippen LogP contribution in [0.3, 0.4) is 0 Å². The lowest BCUT2D eigenvalue weighted by molar-refractivity contribution is -0.133. The summed E-state index contributed by atoms with van der Waals surface area (Å²) in [7, 11) is 0. The van der Waals surface area contributed by atoms with Crippen molar-refractivity contribution in [2.45, 2.75) is 32.6 Å². The summed E-state index contributed by atoms with van der Waals surface area (Å²) in [5, 5.41) is 8.46. The molecule has 0 radical (unpaired) electrons. The molecule has 4 heteroatoms. The third-order valence-electron chi connectivity index (χ3n) is 2.26. The molecule has 114 valence electrons. The molecule has 0 aromatic rings. The Kier molecular flexibility index (Phi) is 15.3. The molecular weight excluding hydrogens is 272 g/mol. The molecule has 0 saturated carbocycles. The summed E-state index contributed by atoms with van der Waals surface area (Å²) < 4.78 is 5.33. The number of aliphatic carboxylic acids is 1. The van der Waals surface area contributed by atoms with Crippen molar-refractivity contribution < 1.29 is 14.6 Å². The topological polar surface area (TPSA) is 46.5 Å². The van der Waals surface area contributed by atoms with Gasteiger partial charge in [0.05, 0.1) is 12.4 Å². The highest BCUT2D eigenvalue weighted by Crippen LogP contribution is 2.02. The van der Waals surface area contributed by atoms with Gasteiger partial charge in [-0.05, 0) is 31.4 Å². The summed E-state index contributed by atoms with van der Waals surface area (Å²) in [6.45, 7) is 3.64. The number of rotatable bonds is 13. The number of hydrogen-bond acceptors (Lipinski definition) is 3. The van der Waals surface area contributed by atoms with Gasteiger partial charge in [0.15, 0.2) is 0 Å². The zero-order chi connectivity index (χ0) is 14.9. The van der Waals surface area contributed by atoms with Gasteiger partial charge >= 0.3 is 5.97 Å². The molecule has 0 spiro atoms. The van der Waals surface area contributed by atoms with Crippen LogP contribution in [0.5, 0.6) is 0 Å². The predicted molar refractivity (Wildman–Crippen MR) is 87.3 cm³/mol. The average Bonchev–Trinajstić information content (AvgIpc) is 2.43. The summed E-state index contributed by atoms with van der Waals surface area (Å²) in [5.74, 6) is 0.324. The lowest BCUT2D eigenvalue weighted by Gasteiger charge is -1.94. The lowest BCUT2D eigenvalue weighted by Crippen LogP contribution is -1.98. The second kappa shape index (κ2) is 16.1. The maximum atomic E-state index is 10.3. The van der Waals surface area contributed by atoms with Crippen LogP contribution in [-0.4, -0.2) is 35.8 Å². The fourth-order valence-electron chi connectivity index (χ4n) is 1.33. The highest BCUT2D eigenvalue weighted by Gasteiger charge is 1.94. The Balaban J connectivity index is 3.32. The molecule has 0 unspecified atom stereocenters. The van der Waals surface area contributed by atoms with Crippen LogP contribution in [0.25, 0.3) is 0 Å². The van der Waals surface area contributed by atoms with E-state index in [2.05, 4.69) is 43.4 Å². The largest absolute Gasteiger partial charge is 0.481 e. The summed E-state index contributed by atoms with van der Waals surface area (Å²) >= 11 is 1.45. The van der Waals surface area contributed by atoms with Crippen LogP contribution >= 0.6 is 11.8 Å². The van der Waals surface area contributed by atoms with Gasteiger partial charge in [0.1, 0.15) is 0 Å². The molecule has 3 nitrogen and oxygen atoms in total. The van der Waals surface area contributed by atoms with Crippen LogP contribution in [0.4, 0.5) is 0 Å². The number of hydrogen-bond donors (Lipinski definition) is 1. The van der Waals surface area contributed by atoms with Crippen molar-refractivity contribution in [2.24, 2.45) is 0 Å². The van der Waals surface area contributed by atoms with E-state index in [1.54, 1.807) is 0 Å². The molecule has 0 amide bonds. The third kappa shape index (κ3) is 17.0. The van der Waals surface area contributed by atoms with Gasteiger partial charge in [0.25, 0.3) is 0 Å². The van der Waals surface area contributed by atoms with E-state index in [-0.39, 0.29) is 5.75 Å². The fourth-order valence-corrected chi connectivity index (χ4v) is 1.96. The first-order valence-electron chi connectivity index (χ1n) is 7.09. The second-order valence-electron chi connectivity index (χ2n) is 4.20. The Hall–Kier alpha value is -1.00. The maximum absolute atomic E-state index is 10.3. The van der Waals surface area contributed by atoms with Crippen molar-refractivity contribution in [3.05, 3.63) is 36.5 Å². The monoisotopic (exact) mass is 298 g/mol. The van der Waals surface area contributed by atoms with Gasteiger partial charge in [-0.1, -0.05) is 43.4 Å². The van der Waals surface area contributed by atoms with Crippen molar-refractivity contribution >= 4 is 17.7 Å². The Labute approximate surface area is 126 Å². The van der Waals surface area contributed by atoms with E-state index in [0.29, 0.717) is 6.61 Å². The Morgan fingerprint density at radius 1 is 1.10 bits per heavy atom. The number of carboxylic acid groups (broad SMARTS) is 1. The zero-order valence-corrected chi connectivity index (χ0v) is 13.1. The van der Waals surface area contributed by atoms with E-state index in [9.17, 15) is 4.79 Å². The number of allylic oxidation sites excluding steroid dienone is 5. The van der Waals surface area contributed by atoms with E-state index in [4.69, 9.17) is 9.84 Å². The molecule has 0 aromatic carbocycles. The molecular formula is C16H26O3S. The van der Waals surface area contributed by atoms with E-state index in [1.165, 1.54) is 11.8 Å². The minimum Gasteiger partial charge on any atom is -0.481 e. The van der Waals surface area contributed by atoms with Crippen molar-refractivity contribution in [3.8, 4) is 0 Å². The van der Waals surface area contributed by atoms with E-state index in [0.717, 1.165) is 38.0 Å². The first-order chi connectivity index (χ1) is 9.77. The maximum Gasteiger partial charge on any atom is 0.313 e. The smallest absolute Gasteiger partial charge is 0.313 e. The summed E-state index contributed by atoms with van der Waals surface area (Å²) in [4.78, 5) is 10.3. The molecule has 0 bridgehead atoms. The SMILES string of the molecule is CCCOCC=CCC=CCC=CCCSCC(=O)O. The summed E-state index contributed by atoms with van der Waals surface area (Å²) in [6.07, 6.45) is 16.5. The highest BCUT2D eigenvalue weighted by molar-refractivity contribution is 7.99. The molecule has 0 fully saturated rings. The third-order valence-corrected chi connectivity index (χ3v) is 3.24. The zero-order valence-electron chi connectivity index (χ0n) is 12.3. The number of carbonyl (C=O) groups is 1. The number of thioether (sulfide) groups is 1. The second-order valence-corrected chi connectivity index (χ2v) is 5.30. The molecule has 0 aromatic heterocycles. The van der Waals surface area contributed by atoms with Crippen LogP contribution in [0, 0.1) is 0 Å². The molecule has 20 heavy (non-hydrogen) atoms. The van der Waals surface area contributed by atoms with Crippen molar-refractivity contribution in [1.82, 2.24) is 0 Å². The van der Waals surface area contributed by atoms with Gasteiger partial charge in [0, 0.05) is 6.61 Å². The van der Waals surface area contributed by atoms with Crippen LogP contribution < -0.4 is 0 Å². The Bertz CT molecular complexity index is 309. The Morgan fingerprint density at radius 2 is 1.75 bits per heavy atom. The van der Waals surface area contributed by atoms with Gasteiger partial charge in [0.2, 0.25) is 0 Å². The van der Waals surface area contributed by atoms with Gasteiger partial charge in [-0.2, -0.15) is 0 Å². The van der Waals surface area contributed by atoms with E-state index >= 15 is 0 Å². The summed E-state index contributed by atoms with van der Waals surface area (Å²) in [6, 6.07) is 0. The standard InChI is InChI=1S/C16H26O3S/c1-2-12-19-13-10-8-6-4-3-5-7-9-11-14-20-15-16(17)18/h3-4,7-10H,2,5-6,11-15H2,1H3,(H,17,18). The quantitative estimate of drug-likeness (QED) is 0.411. The fraction of sp³-hybridized carbons (Fsp3) is 0.562. The number of carboxylic acids is 1. The predicted octanol–water partition coefficient (Wildman–Crippen LogP) is 4.07. The lowest BCUT2D eigenvalue weighted by atomic mass is 10.3. The molecule has 0 aliphatic carbocycles. The average molecular weight is 298 g/mol. The van der Waals surface area contributed by atoms with Crippen LogP contribution in [0.1, 0.15) is 32.6 Å². The number of ether oxygens (including phenoxy) is 1. The molecule has 0 aliphatic heterocycles. The van der Waals surface area contributed by atoms with Gasteiger partial charge in [-0.3, -0.25) is 4.79 Å². The molecule has 0 atom stereocenters. The van der Waals surface area contributed by atoms with Gasteiger partial charge in [-0.25, -0.2) is 0 Å². The minimum atomic E-state index is -0.741. The van der Waals surface area contributed by atoms with E-state index < -0.39 is 5.97 Å².